The molecule has 40 valence electrons. The average molecular weight is 104 g/mol. The standard InChI is InChI=1S/C8H8/c1-4-6-7-8(3)5-2/h2,4,6-7H,1,3H2. The number of hydrogen-bond acceptors (Lipinski definition) is 0. The first kappa shape index (κ1) is 6.78. The highest BCUT2D eigenvalue weighted by molar-refractivity contribution is 5.33. The SMILES string of the molecule is C#CC(=C)C=CC=C. The van der Waals surface area contributed by atoms with Gasteiger partial charge in [0.15, 0.2) is 0 Å². The van der Waals surface area contributed by atoms with Crippen LogP contribution < -0.4 is 0 Å². The first-order chi connectivity index (χ1) is 3.81. The van der Waals surface area contributed by atoms with Crippen LogP contribution in [0.15, 0.2) is 37.0 Å². The van der Waals surface area contributed by atoms with Gasteiger partial charge in [-0.15, -0.1) is 6.42 Å². The molecule has 0 nitrogen and oxygen atoms in total. The summed E-state index contributed by atoms with van der Waals surface area (Å²) in [6, 6.07) is 0. The third-order valence-electron chi connectivity index (χ3n) is 0.619. The predicted molar refractivity (Wildman–Crippen MR) is 37.3 cm³/mol. The molecule has 0 spiro atoms. The van der Waals surface area contributed by atoms with Crippen molar-refractivity contribution >= 4 is 0 Å². The minimum atomic E-state index is 0.671. The quantitative estimate of drug-likeness (QED) is 0.371. The maximum absolute atomic E-state index is 4.98. The molecule has 8 heavy (non-hydrogen) atoms. The van der Waals surface area contributed by atoms with Crippen LogP contribution in [0, 0.1) is 12.3 Å². The van der Waals surface area contributed by atoms with Crippen LogP contribution in [-0.2, 0) is 0 Å². The molecular formula is C8H8. The molecule has 0 aliphatic heterocycles. The highest BCUT2D eigenvalue weighted by Crippen LogP contribution is 1.87. The Kier molecular flexibility index (Phi) is 3.35. The van der Waals surface area contributed by atoms with Crippen molar-refractivity contribution in [3.05, 3.63) is 37.0 Å². The van der Waals surface area contributed by atoms with E-state index in [-0.39, 0.29) is 0 Å². The third kappa shape index (κ3) is 2.99. The highest BCUT2D eigenvalue weighted by Gasteiger charge is 1.70. The van der Waals surface area contributed by atoms with Crippen molar-refractivity contribution in [1.29, 1.82) is 0 Å². The molecule has 0 heteroatoms. The number of rotatable bonds is 2. The van der Waals surface area contributed by atoms with E-state index >= 15 is 0 Å². The van der Waals surface area contributed by atoms with Gasteiger partial charge < -0.3 is 0 Å². The number of terminal acetylenes is 1. The van der Waals surface area contributed by atoms with E-state index in [0.717, 1.165) is 0 Å². The Labute approximate surface area is 50.2 Å². The van der Waals surface area contributed by atoms with E-state index in [0.29, 0.717) is 5.57 Å². The maximum Gasteiger partial charge on any atom is 0.0170 e. The van der Waals surface area contributed by atoms with Crippen molar-refractivity contribution in [2.75, 3.05) is 0 Å². The van der Waals surface area contributed by atoms with E-state index in [2.05, 4.69) is 19.1 Å². The van der Waals surface area contributed by atoms with Crippen LogP contribution in [0.3, 0.4) is 0 Å². The molecule has 0 amide bonds. The average Bonchev–Trinajstić information content (AvgIpc) is 1.83. The largest absolute Gasteiger partial charge is 0.115 e. The molecule has 0 aromatic carbocycles. The lowest BCUT2D eigenvalue weighted by Gasteiger charge is -1.77. The molecule has 0 heterocycles. The first-order valence-electron chi connectivity index (χ1n) is 2.26. The molecule has 0 aromatic rings. The molecule has 0 atom stereocenters. The molecule has 0 aliphatic rings. The molecule has 0 aliphatic carbocycles. The van der Waals surface area contributed by atoms with Crippen LogP contribution in [0.25, 0.3) is 0 Å². The smallest absolute Gasteiger partial charge is 0.0170 e. The summed E-state index contributed by atoms with van der Waals surface area (Å²) in [4.78, 5) is 0. The van der Waals surface area contributed by atoms with E-state index < -0.39 is 0 Å². The van der Waals surface area contributed by atoms with Gasteiger partial charge in [-0.05, 0) is 6.08 Å². The second kappa shape index (κ2) is 3.95. The van der Waals surface area contributed by atoms with E-state index in [1.807, 2.05) is 0 Å². The van der Waals surface area contributed by atoms with E-state index in [1.165, 1.54) is 0 Å². The number of allylic oxidation sites excluding steroid dienone is 4. The van der Waals surface area contributed by atoms with Crippen molar-refractivity contribution in [2.24, 2.45) is 0 Å². The summed E-state index contributed by atoms with van der Waals surface area (Å²) in [5.74, 6) is 2.37. The van der Waals surface area contributed by atoms with Crippen LogP contribution in [0.2, 0.25) is 0 Å². The Morgan fingerprint density at radius 2 is 2.25 bits per heavy atom. The summed E-state index contributed by atoms with van der Waals surface area (Å²) in [7, 11) is 0. The van der Waals surface area contributed by atoms with Gasteiger partial charge in [0, 0.05) is 5.57 Å². The monoisotopic (exact) mass is 104 g/mol. The van der Waals surface area contributed by atoms with Gasteiger partial charge in [-0.1, -0.05) is 31.2 Å². The van der Waals surface area contributed by atoms with Crippen LogP contribution >= 0.6 is 0 Å². The Balaban J connectivity index is 3.75. The van der Waals surface area contributed by atoms with E-state index in [1.54, 1.807) is 18.2 Å². The van der Waals surface area contributed by atoms with Crippen LogP contribution in [-0.4, -0.2) is 0 Å². The van der Waals surface area contributed by atoms with E-state index in [4.69, 9.17) is 6.42 Å². The number of hydrogen-bond donors (Lipinski definition) is 0. The minimum absolute atomic E-state index is 0.671. The zero-order chi connectivity index (χ0) is 6.41. The van der Waals surface area contributed by atoms with Gasteiger partial charge in [0.05, 0.1) is 0 Å². The van der Waals surface area contributed by atoms with Gasteiger partial charge in [0.25, 0.3) is 0 Å². The normalized spacial score (nSPS) is 8.38. The molecule has 0 radical (unpaired) electrons. The van der Waals surface area contributed by atoms with Gasteiger partial charge in [-0.2, -0.15) is 0 Å². The molecule has 0 fully saturated rings. The lowest BCUT2D eigenvalue weighted by atomic mass is 10.3. The molecule has 0 bridgehead atoms. The lowest BCUT2D eigenvalue weighted by molar-refractivity contribution is 1.83. The summed E-state index contributed by atoms with van der Waals surface area (Å²) in [5.41, 5.74) is 0.671. The van der Waals surface area contributed by atoms with Crippen molar-refractivity contribution in [3.63, 3.8) is 0 Å². The highest BCUT2D eigenvalue weighted by atomic mass is 13.7. The van der Waals surface area contributed by atoms with Crippen molar-refractivity contribution in [2.45, 2.75) is 0 Å². The predicted octanol–water partition coefficient (Wildman–Crippen LogP) is 1.92. The van der Waals surface area contributed by atoms with Crippen LogP contribution in [0.5, 0.6) is 0 Å². The lowest BCUT2D eigenvalue weighted by Crippen LogP contribution is -1.61. The fourth-order valence-electron chi connectivity index (χ4n) is 0.232. The molecule has 0 N–H and O–H groups in total. The van der Waals surface area contributed by atoms with Gasteiger partial charge >= 0.3 is 0 Å². The molecule has 0 saturated heterocycles. The van der Waals surface area contributed by atoms with Crippen LogP contribution in [0.4, 0.5) is 0 Å². The van der Waals surface area contributed by atoms with Crippen molar-refractivity contribution in [3.8, 4) is 12.3 Å². The molecule has 0 saturated carbocycles. The zero-order valence-electron chi connectivity index (χ0n) is 4.72. The second-order valence-corrected chi connectivity index (χ2v) is 1.26. The van der Waals surface area contributed by atoms with Gasteiger partial charge in [0.1, 0.15) is 0 Å². The summed E-state index contributed by atoms with van der Waals surface area (Å²) in [5, 5.41) is 0. The second-order valence-electron chi connectivity index (χ2n) is 1.26. The molecule has 0 rings (SSSR count). The van der Waals surface area contributed by atoms with Crippen molar-refractivity contribution in [1.82, 2.24) is 0 Å². The van der Waals surface area contributed by atoms with Gasteiger partial charge in [-0.3, -0.25) is 0 Å². The minimum Gasteiger partial charge on any atom is -0.115 e. The van der Waals surface area contributed by atoms with Crippen LogP contribution in [0.1, 0.15) is 0 Å². The van der Waals surface area contributed by atoms with E-state index in [9.17, 15) is 0 Å². The molecular weight excluding hydrogens is 96.1 g/mol. The zero-order valence-corrected chi connectivity index (χ0v) is 4.72. The fraction of sp³-hybridized carbons (Fsp3) is 0. The Morgan fingerprint density at radius 1 is 1.62 bits per heavy atom. The van der Waals surface area contributed by atoms with Gasteiger partial charge in [-0.25, -0.2) is 0 Å². The summed E-state index contributed by atoms with van der Waals surface area (Å²) >= 11 is 0. The van der Waals surface area contributed by atoms with Crippen molar-refractivity contribution < 1.29 is 0 Å². The molecule has 0 unspecified atom stereocenters. The summed E-state index contributed by atoms with van der Waals surface area (Å²) in [6.45, 7) is 7.01. The van der Waals surface area contributed by atoms with Gasteiger partial charge in [0.2, 0.25) is 0 Å². The maximum atomic E-state index is 4.98. The third-order valence-corrected chi connectivity index (χ3v) is 0.619. The summed E-state index contributed by atoms with van der Waals surface area (Å²) in [6.07, 6.45) is 10.1. The first-order valence-corrected chi connectivity index (χ1v) is 2.26. The Hall–Kier alpha value is -1.22. The molecule has 0 aromatic heterocycles. The Bertz CT molecular complexity index is 153. The Morgan fingerprint density at radius 3 is 2.62 bits per heavy atom. The summed E-state index contributed by atoms with van der Waals surface area (Å²) < 4.78 is 0. The topological polar surface area (TPSA) is 0 Å². The fourth-order valence-corrected chi connectivity index (χ4v) is 0.232.